The summed E-state index contributed by atoms with van der Waals surface area (Å²) in [6.45, 7) is 0. The molecule has 112 valence electrons. The molecular weight excluding hydrogens is 312 g/mol. The summed E-state index contributed by atoms with van der Waals surface area (Å²) in [6, 6.07) is 1.83. The molecule has 1 aliphatic carbocycles. The van der Waals surface area contributed by atoms with E-state index in [1.165, 1.54) is 37.4 Å². The van der Waals surface area contributed by atoms with Crippen LogP contribution < -0.4 is 10.1 Å². The molecule has 21 heavy (non-hydrogen) atoms. The number of carbonyl (C=O) groups is 1. The first-order valence-corrected chi connectivity index (χ1v) is 7.96. The molecule has 1 heterocycles. The van der Waals surface area contributed by atoms with Crippen LogP contribution >= 0.6 is 22.9 Å². The number of nitrogens with one attached hydrogen (secondary N) is 1. The second kappa shape index (κ2) is 5.69. The summed E-state index contributed by atoms with van der Waals surface area (Å²) in [4.78, 5) is 15.8. The third-order valence-electron chi connectivity index (χ3n) is 3.69. The number of rotatable bonds is 4. The van der Waals surface area contributed by atoms with E-state index < -0.39 is 5.97 Å². The SMILES string of the molecule is COc1c(C(=O)O)cc(Cl)c2nc(NC3CCCC3)sc12. The number of anilines is 1. The predicted octanol–water partition coefficient (Wildman–Crippen LogP) is 4.01. The lowest BCUT2D eigenvalue weighted by atomic mass is 10.2. The number of carboxylic acids is 1. The van der Waals surface area contributed by atoms with Crippen LogP contribution in [0.15, 0.2) is 6.07 Å². The molecule has 0 aliphatic heterocycles. The number of hydrogen-bond donors (Lipinski definition) is 2. The van der Waals surface area contributed by atoms with Crippen LogP contribution in [-0.2, 0) is 0 Å². The van der Waals surface area contributed by atoms with Crippen molar-refractivity contribution in [3.63, 3.8) is 0 Å². The minimum absolute atomic E-state index is 0.0612. The maximum Gasteiger partial charge on any atom is 0.339 e. The van der Waals surface area contributed by atoms with Gasteiger partial charge in [-0.15, -0.1) is 0 Å². The summed E-state index contributed by atoms with van der Waals surface area (Å²) in [5.41, 5.74) is 0.648. The number of methoxy groups -OCH3 is 1. The fourth-order valence-electron chi connectivity index (χ4n) is 2.69. The molecule has 2 N–H and O–H groups in total. The highest BCUT2D eigenvalue weighted by Crippen LogP contribution is 2.41. The molecule has 5 nitrogen and oxygen atoms in total. The van der Waals surface area contributed by atoms with Crippen molar-refractivity contribution in [2.45, 2.75) is 31.7 Å². The number of thiazole rings is 1. The second-order valence-corrected chi connectivity index (χ2v) is 6.47. The van der Waals surface area contributed by atoms with Crippen LogP contribution in [-0.4, -0.2) is 29.2 Å². The number of nitrogens with zero attached hydrogens (tertiary/aromatic N) is 1. The molecule has 1 fully saturated rings. The predicted molar refractivity (Wildman–Crippen MR) is 84.0 cm³/mol. The van der Waals surface area contributed by atoms with Gasteiger partial charge in [-0.1, -0.05) is 35.8 Å². The van der Waals surface area contributed by atoms with E-state index in [1.807, 2.05) is 0 Å². The zero-order valence-electron chi connectivity index (χ0n) is 11.5. The molecule has 0 spiro atoms. The number of aromatic carboxylic acids is 1. The number of fused-ring (bicyclic) bond motifs is 1. The van der Waals surface area contributed by atoms with Crippen LogP contribution in [0.5, 0.6) is 5.75 Å². The van der Waals surface area contributed by atoms with Gasteiger partial charge in [0.2, 0.25) is 0 Å². The molecule has 0 amide bonds. The van der Waals surface area contributed by atoms with Crippen molar-refractivity contribution in [2.75, 3.05) is 12.4 Å². The van der Waals surface area contributed by atoms with Gasteiger partial charge in [0.1, 0.15) is 15.8 Å². The third-order valence-corrected chi connectivity index (χ3v) is 4.97. The average molecular weight is 327 g/mol. The monoisotopic (exact) mass is 326 g/mol. The maximum atomic E-state index is 11.3. The summed E-state index contributed by atoms with van der Waals surface area (Å²) in [7, 11) is 1.46. The second-order valence-electron chi connectivity index (χ2n) is 5.07. The number of carboxylic acid groups (broad SMARTS) is 1. The highest BCUT2D eigenvalue weighted by atomic mass is 35.5. The van der Waals surface area contributed by atoms with Gasteiger partial charge in [-0.25, -0.2) is 9.78 Å². The summed E-state index contributed by atoms with van der Waals surface area (Å²) in [6.07, 6.45) is 4.74. The lowest BCUT2D eigenvalue weighted by molar-refractivity contribution is 0.0693. The lowest BCUT2D eigenvalue weighted by Gasteiger charge is -2.09. The molecule has 0 unspecified atom stereocenters. The Hall–Kier alpha value is -1.53. The molecule has 1 aliphatic rings. The van der Waals surface area contributed by atoms with Gasteiger partial charge in [-0.2, -0.15) is 0 Å². The van der Waals surface area contributed by atoms with E-state index in [-0.39, 0.29) is 5.56 Å². The van der Waals surface area contributed by atoms with Gasteiger partial charge in [-0.3, -0.25) is 0 Å². The van der Waals surface area contributed by atoms with Crippen molar-refractivity contribution in [3.8, 4) is 5.75 Å². The van der Waals surface area contributed by atoms with Crippen molar-refractivity contribution in [2.24, 2.45) is 0 Å². The van der Waals surface area contributed by atoms with E-state index in [1.54, 1.807) is 0 Å². The molecule has 0 radical (unpaired) electrons. The number of ether oxygens (including phenoxy) is 1. The van der Waals surface area contributed by atoms with Crippen LogP contribution in [0.1, 0.15) is 36.0 Å². The Balaban J connectivity index is 2.06. The first-order valence-electron chi connectivity index (χ1n) is 6.77. The van der Waals surface area contributed by atoms with Gasteiger partial charge in [0, 0.05) is 6.04 Å². The van der Waals surface area contributed by atoms with Crippen molar-refractivity contribution in [1.29, 1.82) is 0 Å². The van der Waals surface area contributed by atoms with Gasteiger partial charge < -0.3 is 15.2 Å². The molecule has 0 saturated heterocycles. The van der Waals surface area contributed by atoms with Crippen LogP contribution in [0.4, 0.5) is 5.13 Å². The largest absolute Gasteiger partial charge is 0.494 e. The van der Waals surface area contributed by atoms with Gasteiger partial charge >= 0.3 is 5.97 Å². The maximum absolute atomic E-state index is 11.3. The average Bonchev–Trinajstić information content (AvgIpc) is 3.08. The van der Waals surface area contributed by atoms with Gasteiger partial charge in [0.05, 0.1) is 12.1 Å². The molecule has 0 atom stereocenters. The molecule has 1 aromatic heterocycles. The third kappa shape index (κ3) is 2.65. The first-order chi connectivity index (χ1) is 10.1. The van der Waals surface area contributed by atoms with Crippen LogP contribution in [0.25, 0.3) is 10.2 Å². The molecule has 0 bridgehead atoms. The topological polar surface area (TPSA) is 71.5 Å². The number of hydrogen-bond acceptors (Lipinski definition) is 5. The normalized spacial score (nSPS) is 15.5. The fraction of sp³-hybridized carbons (Fsp3) is 0.429. The van der Waals surface area contributed by atoms with Crippen LogP contribution in [0.3, 0.4) is 0 Å². The number of halogens is 1. The van der Waals surface area contributed by atoms with E-state index in [2.05, 4.69) is 10.3 Å². The van der Waals surface area contributed by atoms with E-state index in [4.69, 9.17) is 16.3 Å². The summed E-state index contributed by atoms with van der Waals surface area (Å²) in [5, 5.41) is 13.7. The molecular formula is C14H15ClN2O3S. The van der Waals surface area contributed by atoms with Crippen molar-refractivity contribution in [1.82, 2.24) is 4.98 Å². The molecule has 1 saturated carbocycles. The van der Waals surface area contributed by atoms with Gasteiger partial charge in [0.15, 0.2) is 10.9 Å². The van der Waals surface area contributed by atoms with Crippen LogP contribution in [0, 0.1) is 0 Å². The number of benzene rings is 1. The van der Waals surface area contributed by atoms with E-state index in [0.29, 0.717) is 27.0 Å². The van der Waals surface area contributed by atoms with E-state index >= 15 is 0 Å². The highest BCUT2D eigenvalue weighted by molar-refractivity contribution is 7.22. The Labute approximate surface area is 130 Å². The zero-order valence-corrected chi connectivity index (χ0v) is 13.1. The van der Waals surface area contributed by atoms with Crippen LogP contribution in [0.2, 0.25) is 5.02 Å². The quantitative estimate of drug-likeness (QED) is 0.888. The fourth-order valence-corrected chi connectivity index (χ4v) is 4.08. The molecule has 3 rings (SSSR count). The number of aromatic nitrogens is 1. The first kappa shape index (κ1) is 14.4. The molecule has 1 aromatic carbocycles. The lowest BCUT2D eigenvalue weighted by Crippen LogP contribution is -2.13. The molecule has 7 heteroatoms. The Morgan fingerprint density at radius 1 is 1.52 bits per heavy atom. The van der Waals surface area contributed by atoms with Crippen molar-refractivity contribution in [3.05, 3.63) is 16.7 Å². The van der Waals surface area contributed by atoms with Gasteiger partial charge in [-0.05, 0) is 18.9 Å². The van der Waals surface area contributed by atoms with Gasteiger partial charge in [0.25, 0.3) is 0 Å². The Morgan fingerprint density at radius 3 is 2.86 bits per heavy atom. The Kier molecular flexibility index (Phi) is 3.91. The minimum Gasteiger partial charge on any atom is -0.494 e. The van der Waals surface area contributed by atoms with E-state index in [0.717, 1.165) is 18.0 Å². The zero-order chi connectivity index (χ0) is 15.0. The highest BCUT2D eigenvalue weighted by Gasteiger charge is 2.22. The summed E-state index contributed by atoms with van der Waals surface area (Å²) in [5.74, 6) is -0.742. The Bertz CT molecular complexity index is 695. The van der Waals surface area contributed by atoms with E-state index in [9.17, 15) is 9.90 Å². The smallest absolute Gasteiger partial charge is 0.339 e. The van der Waals surface area contributed by atoms with Crippen molar-refractivity contribution < 1.29 is 14.6 Å². The minimum atomic E-state index is -1.06. The standard InChI is InChI=1S/C14H15ClN2O3S/c1-20-11-8(13(18)19)6-9(15)10-12(11)21-14(17-10)16-7-4-2-3-5-7/h6-7H,2-5H2,1H3,(H,16,17)(H,18,19). The summed E-state index contributed by atoms with van der Waals surface area (Å²) >= 11 is 7.55. The summed E-state index contributed by atoms with van der Waals surface area (Å²) < 4.78 is 5.93. The Morgan fingerprint density at radius 2 is 2.24 bits per heavy atom. The molecule has 2 aromatic rings. The van der Waals surface area contributed by atoms with Crippen molar-refractivity contribution >= 4 is 44.3 Å².